The molecule has 0 spiro atoms. The normalized spacial score (nSPS) is 17.3. The average Bonchev–Trinajstić information content (AvgIpc) is 3.10. The maximum Gasteiger partial charge on any atom is 0.139 e. The van der Waals surface area contributed by atoms with Gasteiger partial charge in [-0.2, -0.15) is 0 Å². The molecule has 18 heavy (non-hydrogen) atoms. The molecule has 1 atom stereocenters. The molecule has 4 nitrogen and oxygen atoms in total. The summed E-state index contributed by atoms with van der Waals surface area (Å²) in [6, 6.07) is 6.10. The number of halogens is 1. The van der Waals surface area contributed by atoms with E-state index in [1.807, 2.05) is 18.2 Å². The minimum Gasteiger partial charge on any atom is -0.385 e. The number of nitrogens with two attached hydrogens (primary N) is 1. The predicted octanol–water partition coefficient (Wildman–Crippen LogP) is 2.41. The lowest BCUT2D eigenvalue weighted by atomic mass is 10.2. The van der Waals surface area contributed by atoms with Crippen molar-refractivity contribution in [3.8, 4) is 0 Å². The summed E-state index contributed by atoms with van der Waals surface area (Å²) < 4.78 is 2.13. The Morgan fingerprint density at radius 3 is 2.94 bits per heavy atom. The Labute approximate surface area is 110 Å². The van der Waals surface area contributed by atoms with Crippen LogP contribution in [-0.4, -0.2) is 21.2 Å². The largest absolute Gasteiger partial charge is 0.385 e. The number of fused-ring (bicyclic) bond motifs is 1. The molecule has 1 fully saturated rings. The van der Waals surface area contributed by atoms with Gasteiger partial charge in [0.15, 0.2) is 0 Å². The topological polar surface area (TPSA) is 64.1 Å². The second kappa shape index (κ2) is 4.53. The molecule has 0 aliphatic heterocycles. The van der Waals surface area contributed by atoms with Gasteiger partial charge in [-0.15, -0.1) is 0 Å². The highest BCUT2D eigenvalue weighted by Crippen LogP contribution is 2.40. The minimum absolute atomic E-state index is 0.454. The van der Waals surface area contributed by atoms with Crippen LogP contribution in [0, 0.1) is 0 Å². The maximum atomic E-state index is 10.2. The van der Waals surface area contributed by atoms with Crippen LogP contribution in [-0.2, 0) is 0 Å². The fraction of sp³-hybridized carbons (Fsp3) is 0.462. The summed E-state index contributed by atoms with van der Waals surface area (Å²) in [4.78, 5) is 4.53. The fourth-order valence-electron chi connectivity index (χ4n) is 2.32. The van der Waals surface area contributed by atoms with Crippen LogP contribution >= 0.6 is 11.6 Å². The zero-order valence-electron chi connectivity index (χ0n) is 10.0. The molecule has 1 aliphatic carbocycles. The highest BCUT2D eigenvalue weighted by Gasteiger charge is 2.30. The Kier molecular flexibility index (Phi) is 3.01. The van der Waals surface area contributed by atoms with Crippen molar-refractivity contribution in [2.45, 2.75) is 31.4 Å². The van der Waals surface area contributed by atoms with E-state index in [0.29, 0.717) is 24.0 Å². The van der Waals surface area contributed by atoms with Crippen molar-refractivity contribution in [3.63, 3.8) is 0 Å². The minimum atomic E-state index is -0.596. The van der Waals surface area contributed by atoms with Crippen LogP contribution in [0.3, 0.4) is 0 Å². The van der Waals surface area contributed by atoms with E-state index < -0.39 is 6.10 Å². The molecular formula is C13H16ClN3O. The molecule has 1 aromatic heterocycles. The van der Waals surface area contributed by atoms with Crippen molar-refractivity contribution in [1.29, 1.82) is 0 Å². The van der Waals surface area contributed by atoms with Crippen LogP contribution in [0.25, 0.3) is 11.0 Å². The molecule has 1 aliphatic rings. The van der Waals surface area contributed by atoms with E-state index >= 15 is 0 Å². The van der Waals surface area contributed by atoms with Gasteiger partial charge in [0.2, 0.25) is 0 Å². The van der Waals surface area contributed by atoms with Crippen LogP contribution < -0.4 is 5.73 Å². The number of rotatable bonds is 4. The molecule has 0 amide bonds. The predicted molar refractivity (Wildman–Crippen MR) is 71.6 cm³/mol. The first-order chi connectivity index (χ1) is 8.70. The lowest BCUT2D eigenvalue weighted by Gasteiger charge is -2.12. The summed E-state index contributed by atoms with van der Waals surface area (Å²) in [5.41, 5.74) is 7.41. The monoisotopic (exact) mass is 265 g/mol. The third-order valence-electron chi connectivity index (χ3n) is 3.33. The van der Waals surface area contributed by atoms with Crippen LogP contribution in [0.5, 0.6) is 0 Å². The highest BCUT2D eigenvalue weighted by molar-refractivity contribution is 6.31. The Balaban J connectivity index is 2.15. The number of hydrogen-bond donors (Lipinski definition) is 2. The molecule has 0 radical (unpaired) electrons. The molecule has 1 saturated carbocycles. The Morgan fingerprint density at radius 2 is 2.28 bits per heavy atom. The van der Waals surface area contributed by atoms with Gasteiger partial charge in [0.25, 0.3) is 0 Å². The first-order valence-corrected chi connectivity index (χ1v) is 6.64. The number of aliphatic hydroxyl groups is 1. The van der Waals surface area contributed by atoms with Gasteiger partial charge in [0, 0.05) is 11.1 Å². The Hall–Kier alpha value is -1.10. The van der Waals surface area contributed by atoms with Crippen molar-refractivity contribution in [2.24, 2.45) is 5.73 Å². The van der Waals surface area contributed by atoms with E-state index in [1.54, 1.807) is 0 Å². The SMILES string of the molecule is NCCC(O)c1nc2ccc(Cl)cc2n1C1CC1. The summed E-state index contributed by atoms with van der Waals surface area (Å²) in [7, 11) is 0. The third kappa shape index (κ3) is 2.00. The van der Waals surface area contributed by atoms with E-state index in [2.05, 4.69) is 9.55 Å². The first-order valence-electron chi connectivity index (χ1n) is 6.26. The van der Waals surface area contributed by atoms with Crippen LogP contribution in [0.4, 0.5) is 0 Å². The average molecular weight is 266 g/mol. The van der Waals surface area contributed by atoms with Crippen molar-refractivity contribution in [1.82, 2.24) is 9.55 Å². The van der Waals surface area contributed by atoms with Gasteiger partial charge in [-0.25, -0.2) is 4.98 Å². The van der Waals surface area contributed by atoms with E-state index in [-0.39, 0.29) is 0 Å². The molecular weight excluding hydrogens is 250 g/mol. The van der Waals surface area contributed by atoms with Gasteiger partial charge in [0.05, 0.1) is 11.0 Å². The number of benzene rings is 1. The quantitative estimate of drug-likeness (QED) is 0.892. The van der Waals surface area contributed by atoms with Crippen molar-refractivity contribution < 1.29 is 5.11 Å². The van der Waals surface area contributed by atoms with Crippen molar-refractivity contribution >= 4 is 22.6 Å². The summed E-state index contributed by atoms with van der Waals surface area (Å²) in [5.74, 6) is 0.722. The first kappa shape index (κ1) is 12.0. The summed E-state index contributed by atoms with van der Waals surface area (Å²) in [5, 5.41) is 10.9. The molecule has 96 valence electrons. The summed E-state index contributed by atoms with van der Waals surface area (Å²) in [6.45, 7) is 0.454. The van der Waals surface area contributed by atoms with Gasteiger partial charge in [-0.3, -0.25) is 0 Å². The van der Waals surface area contributed by atoms with Gasteiger partial charge in [0.1, 0.15) is 11.9 Å². The molecule has 2 aromatic rings. The van der Waals surface area contributed by atoms with E-state index in [0.717, 1.165) is 29.7 Å². The number of imidazole rings is 1. The fourth-order valence-corrected chi connectivity index (χ4v) is 2.49. The smallest absolute Gasteiger partial charge is 0.139 e. The molecule has 5 heteroatoms. The molecule has 3 N–H and O–H groups in total. The molecule has 0 bridgehead atoms. The van der Waals surface area contributed by atoms with Crippen molar-refractivity contribution in [3.05, 3.63) is 29.0 Å². The van der Waals surface area contributed by atoms with Gasteiger partial charge < -0.3 is 15.4 Å². The third-order valence-corrected chi connectivity index (χ3v) is 3.56. The Morgan fingerprint density at radius 1 is 1.50 bits per heavy atom. The molecule has 0 saturated heterocycles. The van der Waals surface area contributed by atoms with Crippen LogP contribution in [0.1, 0.15) is 37.2 Å². The van der Waals surface area contributed by atoms with E-state index in [9.17, 15) is 5.11 Å². The second-order valence-electron chi connectivity index (χ2n) is 4.80. The number of aromatic nitrogens is 2. The number of aliphatic hydroxyl groups excluding tert-OH is 1. The van der Waals surface area contributed by atoms with Gasteiger partial charge >= 0.3 is 0 Å². The molecule has 1 unspecified atom stereocenters. The van der Waals surface area contributed by atoms with E-state index in [4.69, 9.17) is 17.3 Å². The molecule has 1 aromatic carbocycles. The zero-order chi connectivity index (χ0) is 12.7. The highest BCUT2D eigenvalue weighted by atomic mass is 35.5. The van der Waals surface area contributed by atoms with Crippen LogP contribution in [0.2, 0.25) is 5.02 Å². The maximum absolute atomic E-state index is 10.2. The number of nitrogens with zero attached hydrogens (tertiary/aromatic N) is 2. The Bertz CT molecular complexity index is 577. The van der Waals surface area contributed by atoms with Crippen LogP contribution in [0.15, 0.2) is 18.2 Å². The zero-order valence-corrected chi connectivity index (χ0v) is 10.8. The van der Waals surface area contributed by atoms with E-state index in [1.165, 1.54) is 0 Å². The lowest BCUT2D eigenvalue weighted by molar-refractivity contribution is 0.156. The summed E-state index contributed by atoms with van der Waals surface area (Å²) >= 11 is 6.04. The molecule has 3 rings (SSSR count). The number of hydrogen-bond acceptors (Lipinski definition) is 3. The standard InChI is InChI=1S/C13H16ClN3O/c14-8-1-4-10-11(7-8)17(9-2-3-9)13(16-10)12(18)5-6-15/h1,4,7,9,12,18H,2-3,5-6,15H2. The van der Waals surface area contributed by atoms with Gasteiger partial charge in [-0.05, 0) is 44.0 Å². The lowest BCUT2D eigenvalue weighted by Crippen LogP contribution is -2.12. The van der Waals surface area contributed by atoms with Crippen molar-refractivity contribution in [2.75, 3.05) is 6.54 Å². The van der Waals surface area contributed by atoms with Gasteiger partial charge in [-0.1, -0.05) is 11.6 Å². The summed E-state index contributed by atoms with van der Waals surface area (Å²) in [6.07, 6.45) is 2.21. The molecule has 1 heterocycles. The second-order valence-corrected chi connectivity index (χ2v) is 5.23.